The number of nitrogens with one attached hydrogen (secondary N) is 2. The zero-order chi connectivity index (χ0) is 29.6. The molecule has 0 spiro atoms. The minimum absolute atomic E-state index is 0.0453. The average Bonchev–Trinajstić information content (AvgIpc) is 3.49. The van der Waals surface area contributed by atoms with E-state index < -0.39 is 23.8 Å². The molecule has 2 aromatic carbocycles. The number of benzene rings is 2. The van der Waals surface area contributed by atoms with Crippen molar-refractivity contribution in [2.45, 2.75) is 58.6 Å². The van der Waals surface area contributed by atoms with E-state index in [-0.39, 0.29) is 30.5 Å². The Morgan fingerprint density at radius 3 is 2.34 bits per heavy atom. The van der Waals surface area contributed by atoms with Gasteiger partial charge in [-0.15, -0.1) is 0 Å². The number of carboxylic acid groups (broad SMARTS) is 1. The van der Waals surface area contributed by atoms with E-state index in [9.17, 15) is 19.2 Å². The van der Waals surface area contributed by atoms with Gasteiger partial charge in [-0.1, -0.05) is 75.6 Å². The summed E-state index contributed by atoms with van der Waals surface area (Å²) in [6.07, 6.45) is 4.43. The predicted octanol–water partition coefficient (Wildman–Crippen LogP) is 5.01. The van der Waals surface area contributed by atoms with Crippen LogP contribution >= 0.6 is 0 Å². The van der Waals surface area contributed by atoms with Crippen molar-refractivity contribution in [3.63, 3.8) is 0 Å². The van der Waals surface area contributed by atoms with E-state index in [4.69, 9.17) is 14.4 Å². The number of unbranched alkanes of at least 4 members (excludes halogenated alkanes) is 2. The average molecular weight is 564 g/mol. The van der Waals surface area contributed by atoms with Crippen LogP contribution in [-0.4, -0.2) is 47.1 Å². The van der Waals surface area contributed by atoms with Crippen molar-refractivity contribution in [3.05, 3.63) is 83.6 Å². The maximum Gasteiger partial charge on any atom is 0.335 e. The topological polar surface area (TPSA) is 138 Å². The van der Waals surface area contributed by atoms with Gasteiger partial charge in [-0.2, -0.15) is 0 Å². The van der Waals surface area contributed by atoms with Crippen molar-refractivity contribution >= 4 is 24.2 Å². The standard InChI is InChI=1S/C31H37N3O7/c1-3-5-7-12-25(26(4-2)34(21-35)40-19-22-10-8-6-9-11-22)29(36)32-20-33-30(37)28-18-17-27(41-28)23-13-15-24(16-14-23)31(38)39/h6,8-11,13-18,21,25-26H,3-5,7,12,19-20H2,1-2H3,(H,32,36)(H,33,37)(H,38,39)/t25-,26?/m1/s1. The molecule has 0 fully saturated rings. The summed E-state index contributed by atoms with van der Waals surface area (Å²) in [6, 6.07) is 18.2. The minimum atomic E-state index is -1.03. The quantitative estimate of drug-likeness (QED) is 0.0908. The number of aromatic carboxylic acids is 1. The molecule has 1 heterocycles. The molecular formula is C31H37N3O7. The molecule has 1 unspecified atom stereocenters. The van der Waals surface area contributed by atoms with Crippen molar-refractivity contribution in [2.24, 2.45) is 5.92 Å². The number of nitrogens with zero attached hydrogens (tertiary/aromatic N) is 1. The predicted molar refractivity (Wildman–Crippen MR) is 152 cm³/mol. The lowest BCUT2D eigenvalue weighted by Crippen LogP contribution is -2.48. The number of hydroxylamine groups is 2. The molecule has 10 nitrogen and oxygen atoms in total. The third kappa shape index (κ3) is 9.04. The zero-order valence-corrected chi connectivity index (χ0v) is 23.4. The minimum Gasteiger partial charge on any atom is -0.478 e. The van der Waals surface area contributed by atoms with Crippen molar-refractivity contribution < 1.29 is 33.5 Å². The van der Waals surface area contributed by atoms with Gasteiger partial charge in [0.25, 0.3) is 5.91 Å². The van der Waals surface area contributed by atoms with E-state index in [2.05, 4.69) is 17.6 Å². The van der Waals surface area contributed by atoms with Crippen LogP contribution in [0, 0.1) is 5.92 Å². The lowest BCUT2D eigenvalue weighted by atomic mass is 9.90. The molecular weight excluding hydrogens is 526 g/mol. The van der Waals surface area contributed by atoms with Crippen LogP contribution in [0.2, 0.25) is 0 Å². The molecule has 3 aromatic rings. The second-order valence-corrected chi connectivity index (χ2v) is 9.57. The highest BCUT2D eigenvalue weighted by Gasteiger charge is 2.32. The van der Waals surface area contributed by atoms with E-state index in [1.165, 1.54) is 23.3 Å². The Bertz CT molecular complexity index is 1270. The summed E-state index contributed by atoms with van der Waals surface area (Å²) in [4.78, 5) is 54.8. The normalized spacial score (nSPS) is 12.2. The molecule has 3 amide bonds. The summed E-state index contributed by atoms with van der Waals surface area (Å²) < 4.78 is 5.63. The highest BCUT2D eigenvalue weighted by molar-refractivity contribution is 5.92. The van der Waals surface area contributed by atoms with Gasteiger partial charge in [0.05, 0.1) is 24.2 Å². The third-order valence-electron chi connectivity index (χ3n) is 6.75. The van der Waals surface area contributed by atoms with E-state index in [1.54, 1.807) is 18.2 Å². The van der Waals surface area contributed by atoms with Gasteiger partial charge in [-0.25, -0.2) is 9.86 Å². The number of carbonyl (C=O) groups is 4. The van der Waals surface area contributed by atoms with Crippen LogP contribution in [-0.2, 0) is 21.0 Å². The number of rotatable bonds is 17. The third-order valence-corrected chi connectivity index (χ3v) is 6.75. The fraction of sp³-hybridized carbons (Fsp3) is 0.355. The maximum absolute atomic E-state index is 13.3. The summed E-state index contributed by atoms with van der Waals surface area (Å²) in [5.74, 6) is -1.93. The van der Waals surface area contributed by atoms with Crippen LogP contribution in [0.4, 0.5) is 0 Å². The Hall–Kier alpha value is -4.44. The van der Waals surface area contributed by atoms with Crippen LogP contribution in [0.1, 0.15) is 72.4 Å². The lowest BCUT2D eigenvalue weighted by Gasteiger charge is -2.32. The second-order valence-electron chi connectivity index (χ2n) is 9.57. The molecule has 0 aliphatic carbocycles. The highest BCUT2D eigenvalue weighted by Crippen LogP contribution is 2.24. The Morgan fingerprint density at radius 2 is 1.71 bits per heavy atom. The maximum atomic E-state index is 13.3. The summed E-state index contributed by atoms with van der Waals surface area (Å²) >= 11 is 0. The number of hydrogen-bond acceptors (Lipinski definition) is 6. The van der Waals surface area contributed by atoms with E-state index >= 15 is 0 Å². The number of amides is 3. The van der Waals surface area contributed by atoms with Gasteiger partial charge < -0.3 is 20.2 Å². The molecule has 3 rings (SSSR count). The fourth-order valence-corrected chi connectivity index (χ4v) is 4.50. The number of hydrogen-bond donors (Lipinski definition) is 3. The molecule has 0 bridgehead atoms. The van der Waals surface area contributed by atoms with Crippen LogP contribution in [0.15, 0.2) is 71.1 Å². The van der Waals surface area contributed by atoms with E-state index in [0.29, 0.717) is 30.6 Å². The fourth-order valence-electron chi connectivity index (χ4n) is 4.50. The Labute approximate surface area is 239 Å². The number of carboxylic acids is 1. The van der Waals surface area contributed by atoms with E-state index in [0.717, 1.165) is 24.8 Å². The molecule has 10 heteroatoms. The van der Waals surface area contributed by atoms with Crippen LogP contribution in [0.3, 0.4) is 0 Å². The van der Waals surface area contributed by atoms with Gasteiger partial charge in [0.1, 0.15) is 12.4 Å². The molecule has 0 saturated heterocycles. The molecule has 0 radical (unpaired) electrons. The summed E-state index contributed by atoms with van der Waals surface area (Å²) in [5, 5.41) is 15.7. The summed E-state index contributed by atoms with van der Waals surface area (Å²) in [6.45, 7) is 4.05. The Balaban J connectivity index is 1.60. The molecule has 1 aromatic heterocycles. The smallest absolute Gasteiger partial charge is 0.335 e. The molecule has 41 heavy (non-hydrogen) atoms. The number of carbonyl (C=O) groups excluding carboxylic acids is 3. The second kappa shape index (κ2) is 16.0. The van der Waals surface area contributed by atoms with Gasteiger partial charge in [0, 0.05) is 5.56 Å². The molecule has 0 aliphatic heterocycles. The molecule has 2 atom stereocenters. The van der Waals surface area contributed by atoms with Crippen LogP contribution in [0.25, 0.3) is 11.3 Å². The summed E-state index contributed by atoms with van der Waals surface area (Å²) in [5.41, 5.74) is 1.67. The Kier molecular flexibility index (Phi) is 12.1. The molecule has 218 valence electrons. The van der Waals surface area contributed by atoms with Crippen molar-refractivity contribution in [2.75, 3.05) is 6.67 Å². The number of furan rings is 1. The van der Waals surface area contributed by atoms with Gasteiger partial charge in [0.15, 0.2) is 5.76 Å². The summed E-state index contributed by atoms with van der Waals surface area (Å²) in [7, 11) is 0. The van der Waals surface area contributed by atoms with Crippen molar-refractivity contribution in [1.82, 2.24) is 15.7 Å². The first-order chi connectivity index (χ1) is 19.9. The van der Waals surface area contributed by atoms with Gasteiger partial charge >= 0.3 is 5.97 Å². The Morgan fingerprint density at radius 1 is 0.976 bits per heavy atom. The van der Waals surface area contributed by atoms with E-state index in [1.807, 2.05) is 37.3 Å². The molecule has 3 N–H and O–H groups in total. The monoisotopic (exact) mass is 563 g/mol. The van der Waals surface area contributed by atoms with Crippen LogP contribution in [0.5, 0.6) is 0 Å². The van der Waals surface area contributed by atoms with Crippen molar-refractivity contribution in [1.29, 1.82) is 0 Å². The first kappa shape index (κ1) is 31.1. The van der Waals surface area contributed by atoms with Gasteiger partial charge in [-0.3, -0.25) is 19.2 Å². The molecule has 0 saturated carbocycles. The first-order valence-electron chi connectivity index (χ1n) is 13.8. The van der Waals surface area contributed by atoms with Crippen LogP contribution < -0.4 is 10.6 Å². The highest BCUT2D eigenvalue weighted by atomic mass is 16.7. The SMILES string of the molecule is CCCCC[C@@H](C(=O)NCNC(=O)c1ccc(-c2ccc(C(=O)O)cc2)o1)C(CC)N(C=O)OCc1ccccc1. The first-order valence-corrected chi connectivity index (χ1v) is 13.8. The lowest BCUT2D eigenvalue weighted by molar-refractivity contribution is -0.200. The largest absolute Gasteiger partial charge is 0.478 e. The van der Waals surface area contributed by atoms with Gasteiger partial charge in [0.2, 0.25) is 12.3 Å². The molecule has 0 aliphatic rings. The zero-order valence-electron chi connectivity index (χ0n) is 23.4. The van der Waals surface area contributed by atoms with Gasteiger partial charge in [-0.05, 0) is 42.7 Å². The van der Waals surface area contributed by atoms with Crippen molar-refractivity contribution in [3.8, 4) is 11.3 Å².